The van der Waals surface area contributed by atoms with Crippen molar-refractivity contribution in [2.45, 2.75) is 57.4 Å². The molecule has 12 nitrogen and oxygen atoms in total. The van der Waals surface area contributed by atoms with Gasteiger partial charge in [-0.25, -0.2) is 0 Å². The normalized spacial score (nSPS) is 14.5. The fraction of sp³-hybridized carbons (Fsp3) is 1.00. The lowest BCUT2D eigenvalue weighted by molar-refractivity contribution is 0.0127. The van der Waals surface area contributed by atoms with Crippen LogP contribution in [0.5, 0.6) is 0 Å². The number of ether oxygens (including phenoxy) is 2. The van der Waals surface area contributed by atoms with Gasteiger partial charge in [0.1, 0.15) is 0 Å². The first-order valence-corrected chi connectivity index (χ1v) is 19.3. The van der Waals surface area contributed by atoms with E-state index in [1.807, 2.05) is 0 Å². The topological polar surface area (TPSA) is 165 Å². The van der Waals surface area contributed by atoms with Gasteiger partial charge in [0.05, 0.1) is 50.3 Å². The van der Waals surface area contributed by atoms with E-state index in [9.17, 15) is 30.6 Å². The summed E-state index contributed by atoms with van der Waals surface area (Å²) in [7, 11) is -1.89. The molecule has 0 saturated heterocycles. The Morgan fingerprint density at radius 2 is 0.974 bits per heavy atom. The van der Waals surface area contributed by atoms with Gasteiger partial charge < -0.3 is 58.8 Å². The first kappa shape index (κ1) is 39.0. The van der Waals surface area contributed by atoms with Crippen LogP contribution in [0.4, 0.5) is 0 Å². The smallest absolute Gasteiger partial charge is 0.242 e. The lowest BCUT2D eigenvalue weighted by atomic mass is 10.2. The standard InChI is InChI=1S/C25H58N2O10Si2/c1-5-26(16-24(32)18-36-12-8-14-38(20-28,21-29)34-3)10-7-11-27(6-2)17-25(33)19-37-13-9-15-39(22-30,23-31)35-4/h24-25,28-33H,5-23H2,1-4H3. The highest BCUT2D eigenvalue weighted by Crippen LogP contribution is 2.13. The van der Waals surface area contributed by atoms with Crippen molar-refractivity contribution in [3.8, 4) is 0 Å². The highest BCUT2D eigenvalue weighted by atomic mass is 28.4. The van der Waals surface area contributed by atoms with Gasteiger partial charge in [0, 0.05) is 40.5 Å². The second kappa shape index (κ2) is 23.5. The van der Waals surface area contributed by atoms with E-state index < -0.39 is 28.8 Å². The zero-order valence-corrected chi connectivity index (χ0v) is 26.8. The van der Waals surface area contributed by atoms with Crippen LogP contribution in [0.2, 0.25) is 12.1 Å². The molecule has 0 saturated carbocycles. The van der Waals surface area contributed by atoms with E-state index in [-0.39, 0.29) is 38.1 Å². The van der Waals surface area contributed by atoms with Gasteiger partial charge >= 0.3 is 0 Å². The molecule has 0 aliphatic rings. The molecule has 0 heterocycles. The van der Waals surface area contributed by atoms with Crippen molar-refractivity contribution >= 4 is 16.6 Å². The predicted molar refractivity (Wildman–Crippen MR) is 155 cm³/mol. The van der Waals surface area contributed by atoms with Crippen LogP contribution in [0, 0.1) is 0 Å². The summed E-state index contributed by atoms with van der Waals surface area (Å²) < 4.78 is 21.9. The maximum absolute atomic E-state index is 10.4. The van der Waals surface area contributed by atoms with Crippen LogP contribution in [0.25, 0.3) is 0 Å². The van der Waals surface area contributed by atoms with Gasteiger partial charge in [0.15, 0.2) is 0 Å². The number of aliphatic hydroxyl groups is 6. The van der Waals surface area contributed by atoms with Crippen LogP contribution < -0.4 is 0 Å². The summed E-state index contributed by atoms with van der Waals surface area (Å²) in [5.74, 6) is 0. The first-order chi connectivity index (χ1) is 18.7. The molecule has 0 aromatic heterocycles. The molecule has 0 aromatic rings. The predicted octanol–water partition coefficient (Wildman–Crippen LogP) is -1.13. The first-order valence-electron chi connectivity index (χ1n) is 14.2. The van der Waals surface area contributed by atoms with Gasteiger partial charge in [-0.2, -0.15) is 0 Å². The van der Waals surface area contributed by atoms with Crippen molar-refractivity contribution in [3.63, 3.8) is 0 Å². The minimum atomic E-state index is -2.47. The lowest BCUT2D eigenvalue weighted by Crippen LogP contribution is -2.46. The van der Waals surface area contributed by atoms with Crippen LogP contribution in [-0.4, -0.2) is 174 Å². The second-order valence-electron chi connectivity index (χ2n) is 10.2. The number of aliphatic hydroxyl groups excluding tert-OH is 6. The molecule has 0 amide bonds. The van der Waals surface area contributed by atoms with E-state index in [1.54, 1.807) is 0 Å². The Morgan fingerprint density at radius 3 is 1.26 bits per heavy atom. The van der Waals surface area contributed by atoms with E-state index in [0.29, 0.717) is 51.2 Å². The fourth-order valence-corrected chi connectivity index (χ4v) is 7.62. The minimum Gasteiger partial charge on any atom is -0.415 e. The zero-order chi connectivity index (χ0) is 29.6. The number of hydrogen-bond donors (Lipinski definition) is 6. The maximum Gasteiger partial charge on any atom is 0.242 e. The third kappa shape index (κ3) is 16.9. The molecule has 0 aromatic carbocycles. The fourth-order valence-electron chi connectivity index (χ4n) is 4.29. The molecule has 0 rings (SSSR count). The van der Waals surface area contributed by atoms with Gasteiger partial charge in [-0.3, -0.25) is 0 Å². The molecular formula is C25H58N2O10Si2. The number of rotatable bonds is 28. The Morgan fingerprint density at radius 1 is 0.615 bits per heavy atom. The average molecular weight is 603 g/mol. The Kier molecular flexibility index (Phi) is 23.5. The molecule has 2 atom stereocenters. The molecule has 39 heavy (non-hydrogen) atoms. The van der Waals surface area contributed by atoms with E-state index in [2.05, 4.69) is 23.6 Å². The minimum absolute atomic E-state index is 0.120. The molecule has 0 radical (unpaired) electrons. The van der Waals surface area contributed by atoms with Crippen LogP contribution >= 0.6 is 0 Å². The van der Waals surface area contributed by atoms with E-state index in [1.165, 1.54) is 14.2 Å². The van der Waals surface area contributed by atoms with E-state index in [4.69, 9.17) is 18.3 Å². The van der Waals surface area contributed by atoms with Gasteiger partial charge in [0.25, 0.3) is 0 Å². The molecule has 0 bridgehead atoms. The SMILES string of the molecule is CCN(CCCN(CC)CC(O)COCCC[Si](CO)(CO)OC)CC(O)COCCC[Si](CO)(CO)OC. The van der Waals surface area contributed by atoms with Crippen molar-refractivity contribution in [2.24, 2.45) is 0 Å². The molecule has 0 spiro atoms. The average Bonchev–Trinajstić information content (AvgIpc) is 2.96. The summed E-state index contributed by atoms with van der Waals surface area (Å²) >= 11 is 0. The number of hydrogen-bond acceptors (Lipinski definition) is 12. The van der Waals surface area contributed by atoms with Gasteiger partial charge in [-0.05, 0) is 57.5 Å². The van der Waals surface area contributed by atoms with Gasteiger partial charge in [-0.1, -0.05) is 13.8 Å². The Balaban J connectivity index is 4.15. The summed E-state index contributed by atoms with van der Waals surface area (Å²) in [6, 6.07) is 1.21. The molecule has 0 aliphatic heterocycles. The molecule has 14 heteroatoms. The maximum atomic E-state index is 10.4. The third-order valence-corrected chi connectivity index (χ3v) is 13.8. The van der Waals surface area contributed by atoms with Crippen LogP contribution in [0.3, 0.4) is 0 Å². The van der Waals surface area contributed by atoms with Crippen molar-refractivity contribution in [1.29, 1.82) is 0 Å². The summed E-state index contributed by atoms with van der Waals surface area (Å²) in [6.45, 7) is 9.79. The summed E-state index contributed by atoms with van der Waals surface area (Å²) in [6.07, 6.45) is 0.558. The molecule has 0 fully saturated rings. The van der Waals surface area contributed by atoms with Crippen LogP contribution in [-0.2, 0) is 18.3 Å². The monoisotopic (exact) mass is 602 g/mol. The number of nitrogens with zero attached hydrogens (tertiary/aromatic N) is 2. The van der Waals surface area contributed by atoms with E-state index in [0.717, 1.165) is 32.6 Å². The van der Waals surface area contributed by atoms with Crippen LogP contribution in [0.15, 0.2) is 0 Å². The summed E-state index contributed by atoms with van der Waals surface area (Å²) in [5.41, 5.74) is 0. The third-order valence-electron chi connectivity index (χ3n) is 7.26. The largest absolute Gasteiger partial charge is 0.415 e. The van der Waals surface area contributed by atoms with Gasteiger partial charge in [0.2, 0.25) is 16.6 Å². The highest BCUT2D eigenvalue weighted by molar-refractivity contribution is 6.73. The Hall–Kier alpha value is -0.0462. The lowest BCUT2D eigenvalue weighted by Gasteiger charge is -2.27. The second-order valence-corrected chi connectivity index (χ2v) is 18.0. The molecular weight excluding hydrogens is 544 g/mol. The highest BCUT2D eigenvalue weighted by Gasteiger charge is 2.32. The summed E-state index contributed by atoms with van der Waals surface area (Å²) in [5, 5.41) is 58.6. The van der Waals surface area contributed by atoms with E-state index >= 15 is 0 Å². The Bertz CT molecular complexity index is 500. The van der Waals surface area contributed by atoms with Crippen molar-refractivity contribution in [2.75, 3.05) is 105 Å². The molecule has 0 aliphatic carbocycles. The van der Waals surface area contributed by atoms with Gasteiger partial charge in [-0.15, -0.1) is 0 Å². The quantitative estimate of drug-likeness (QED) is 0.0472. The number of likely N-dealkylation sites (N-methyl/N-ethyl adjacent to an activating group) is 2. The zero-order valence-electron chi connectivity index (χ0n) is 24.8. The summed E-state index contributed by atoms with van der Waals surface area (Å²) in [4.78, 5) is 4.37. The van der Waals surface area contributed by atoms with Crippen molar-refractivity contribution < 1.29 is 49.0 Å². The Labute approximate surface area is 237 Å². The molecule has 6 N–H and O–H groups in total. The van der Waals surface area contributed by atoms with Crippen LogP contribution in [0.1, 0.15) is 33.1 Å². The molecule has 2 unspecified atom stereocenters. The van der Waals surface area contributed by atoms with Crippen molar-refractivity contribution in [1.82, 2.24) is 9.80 Å². The molecule has 236 valence electrons. The van der Waals surface area contributed by atoms with Crippen molar-refractivity contribution in [3.05, 3.63) is 0 Å².